The van der Waals surface area contributed by atoms with Crippen molar-refractivity contribution in [2.75, 3.05) is 26.7 Å². The third-order valence-electron chi connectivity index (χ3n) is 7.68. The second kappa shape index (κ2) is 12.8. The van der Waals surface area contributed by atoms with E-state index in [-0.39, 0.29) is 25.5 Å². The van der Waals surface area contributed by atoms with Gasteiger partial charge in [0, 0.05) is 23.7 Å². The third-order valence-corrected chi connectivity index (χ3v) is 7.68. The van der Waals surface area contributed by atoms with Gasteiger partial charge in [0.05, 0.1) is 42.8 Å². The highest BCUT2D eigenvalue weighted by atomic mass is 19.4. The minimum atomic E-state index is -4.97. The molecule has 2 N–H and O–H groups in total. The van der Waals surface area contributed by atoms with Crippen molar-refractivity contribution in [2.45, 2.75) is 50.6 Å². The van der Waals surface area contributed by atoms with Crippen LogP contribution in [0.1, 0.15) is 60.5 Å². The number of methoxy groups -OCH3 is 1. The summed E-state index contributed by atoms with van der Waals surface area (Å²) in [6.07, 6.45) is -7.64. The van der Waals surface area contributed by atoms with Gasteiger partial charge < -0.3 is 14.9 Å². The number of halogens is 6. The zero-order valence-corrected chi connectivity index (χ0v) is 23.2. The summed E-state index contributed by atoms with van der Waals surface area (Å²) in [5.41, 5.74) is -2.71. The molecule has 2 heterocycles. The molecule has 0 radical (unpaired) electrons. The second-order valence-corrected chi connectivity index (χ2v) is 10.8. The zero-order valence-electron chi connectivity index (χ0n) is 23.2. The summed E-state index contributed by atoms with van der Waals surface area (Å²) in [6.45, 7) is 0.849. The van der Waals surface area contributed by atoms with Crippen LogP contribution in [0, 0.1) is 17.3 Å². The van der Waals surface area contributed by atoms with Crippen LogP contribution in [-0.4, -0.2) is 52.8 Å². The van der Waals surface area contributed by atoms with Gasteiger partial charge in [0.2, 0.25) is 0 Å². The molecule has 0 spiro atoms. The van der Waals surface area contributed by atoms with Crippen molar-refractivity contribution in [1.29, 1.82) is 0 Å². The monoisotopic (exact) mass is 608 g/mol. The highest BCUT2D eigenvalue weighted by molar-refractivity contribution is 5.83. The number of carboxylic acid groups (broad SMARTS) is 1. The van der Waals surface area contributed by atoms with E-state index in [1.54, 1.807) is 30.5 Å². The van der Waals surface area contributed by atoms with Gasteiger partial charge in [0.1, 0.15) is 5.75 Å². The molecule has 4 rings (SSSR count). The molecule has 1 aliphatic rings. The van der Waals surface area contributed by atoms with Gasteiger partial charge in [-0.15, -0.1) is 0 Å². The summed E-state index contributed by atoms with van der Waals surface area (Å²) in [4.78, 5) is 18.0. The standard InChI is InChI=1S/C31H30F6N2O4/c1-43-23-5-6-26-25(17-23)24(8-11-38-26)27(40)7-10-29(18-28(41)42)9-3-13-39(19-29)12-2-4-20-14-21(30(32,33)34)16-22(15-20)31(35,36)37/h5-6,8,11,14-17,27,40H,3,7,9-10,12-13,18-19H2,1H3,(H,41,42)/t27-,29-/m0/s1. The maximum absolute atomic E-state index is 13.2. The lowest BCUT2D eigenvalue weighted by Crippen LogP contribution is -2.44. The summed E-state index contributed by atoms with van der Waals surface area (Å²) < 4.78 is 84.4. The number of aliphatic hydroxyl groups excluding tert-OH is 1. The molecule has 2 aromatic carbocycles. The zero-order chi connectivity index (χ0) is 31.4. The van der Waals surface area contributed by atoms with Gasteiger partial charge in [0.15, 0.2) is 0 Å². The molecular formula is C31H30F6N2O4. The Hall–Kier alpha value is -3.82. The molecule has 0 aliphatic carbocycles. The van der Waals surface area contributed by atoms with Crippen molar-refractivity contribution >= 4 is 16.9 Å². The van der Waals surface area contributed by atoms with Crippen LogP contribution in [0.25, 0.3) is 10.9 Å². The van der Waals surface area contributed by atoms with Crippen LogP contribution in [0.5, 0.6) is 5.75 Å². The van der Waals surface area contributed by atoms with Gasteiger partial charge in [-0.3, -0.25) is 14.7 Å². The van der Waals surface area contributed by atoms with Crippen LogP contribution < -0.4 is 4.74 Å². The number of ether oxygens (including phenoxy) is 1. The lowest BCUT2D eigenvalue weighted by molar-refractivity contribution is -0.143. The average molecular weight is 609 g/mol. The Morgan fingerprint density at radius 1 is 1.09 bits per heavy atom. The van der Waals surface area contributed by atoms with E-state index in [1.165, 1.54) is 7.11 Å². The lowest BCUT2D eigenvalue weighted by Gasteiger charge is -2.42. The third kappa shape index (κ3) is 8.18. The molecular weight excluding hydrogens is 578 g/mol. The molecule has 0 bridgehead atoms. The molecule has 0 saturated carbocycles. The predicted molar refractivity (Wildman–Crippen MR) is 146 cm³/mol. The van der Waals surface area contributed by atoms with Gasteiger partial charge >= 0.3 is 18.3 Å². The first kappa shape index (κ1) is 32.1. The van der Waals surface area contributed by atoms with Crippen molar-refractivity contribution in [3.8, 4) is 17.6 Å². The highest BCUT2D eigenvalue weighted by Crippen LogP contribution is 2.41. The van der Waals surface area contributed by atoms with E-state index < -0.39 is 46.5 Å². The van der Waals surface area contributed by atoms with E-state index in [2.05, 4.69) is 16.8 Å². The van der Waals surface area contributed by atoms with Gasteiger partial charge in [-0.2, -0.15) is 26.3 Å². The van der Waals surface area contributed by atoms with E-state index in [9.17, 15) is 41.4 Å². The van der Waals surface area contributed by atoms with Crippen molar-refractivity contribution in [1.82, 2.24) is 9.88 Å². The molecule has 0 amide bonds. The maximum atomic E-state index is 13.2. The average Bonchev–Trinajstić information content (AvgIpc) is 2.94. The van der Waals surface area contributed by atoms with Crippen LogP contribution in [0.4, 0.5) is 26.3 Å². The van der Waals surface area contributed by atoms with Crippen LogP contribution in [0.3, 0.4) is 0 Å². The van der Waals surface area contributed by atoms with Crippen molar-refractivity contribution < 1.29 is 46.1 Å². The molecule has 6 nitrogen and oxygen atoms in total. The topological polar surface area (TPSA) is 82.9 Å². The van der Waals surface area contributed by atoms with E-state index in [0.717, 1.165) is 0 Å². The summed E-state index contributed by atoms with van der Waals surface area (Å²) >= 11 is 0. The number of piperidine rings is 1. The van der Waals surface area contributed by atoms with Crippen molar-refractivity contribution in [3.05, 3.63) is 70.9 Å². The first-order valence-electron chi connectivity index (χ1n) is 13.5. The van der Waals surface area contributed by atoms with E-state index in [1.807, 2.05) is 4.90 Å². The molecule has 1 aromatic heterocycles. The van der Waals surface area contributed by atoms with Gasteiger partial charge in [0.25, 0.3) is 0 Å². The number of carboxylic acids is 1. The first-order chi connectivity index (χ1) is 20.2. The van der Waals surface area contributed by atoms with Crippen LogP contribution >= 0.6 is 0 Å². The fourth-order valence-corrected chi connectivity index (χ4v) is 5.65. The molecule has 3 aromatic rings. The van der Waals surface area contributed by atoms with Crippen LogP contribution in [-0.2, 0) is 17.1 Å². The first-order valence-corrected chi connectivity index (χ1v) is 13.5. The molecule has 1 fully saturated rings. The summed E-state index contributed by atoms with van der Waals surface area (Å²) in [7, 11) is 1.53. The number of hydrogen-bond acceptors (Lipinski definition) is 5. The van der Waals surface area contributed by atoms with Gasteiger partial charge in [-0.25, -0.2) is 0 Å². The van der Waals surface area contributed by atoms with E-state index in [0.29, 0.717) is 66.7 Å². The fraction of sp³-hybridized carbons (Fsp3) is 0.419. The normalized spacial score (nSPS) is 18.6. The summed E-state index contributed by atoms with van der Waals surface area (Å²) in [5, 5.41) is 21.5. The number of alkyl halides is 6. The fourth-order valence-electron chi connectivity index (χ4n) is 5.65. The number of nitrogens with zero attached hydrogens (tertiary/aromatic N) is 2. The molecule has 0 unspecified atom stereocenters. The number of aromatic nitrogens is 1. The number of pyridine rings is 1. The Morgan fingerprint density at radius 3 is 2.42 bits per heavy atom. The molecule has 12 heteroatoms. The molecule has 43 heavy (non-hydrogen) atoms. The van der Waals surface area contributed by atoms with Crippen molar-refractivity contribution in [2.24, 2.45) is 5.41 Å². The minimum Gasteiger partial charge on any atom is -0.497 e. The number of benzene rings is 2. The summed E-state index contributed by atoms with van der Waals surface area (Å²) in [5.74, 6) is 4.67. The van der Waals surface area contributed by atoms with E-state index >= 15 is 0 Å². The Labute approximate surface area is 244 Å². The molecule has 1 saturated heterocycles. The Kier molecular flexibility index (Phi) is 9.57. The SMILES string of the molecule is COc1ccc2nccc([C@@H](O)CC[C@]3(CC(=O)O)CCCN(CC#Cc4cc(C(F)(F)F)cc(C(F)(F)F)c4)C3)c2c1. The van der Waals surface area contributed by atoms with Gasteiger partial charge in [-0.1, -0.05) is 11.8 Å². The second-order valence-electron chi connectivity index (χ2n) is 10.8. The summed E-state index contributed by atoms with van der Waals surface area (Å²) in [6, 6.07) is 8.22. The minimum absolute atomic E-state index is 0.0241. The number of aliphatic carboxylic acids is 1. The highest BCUT2D eigenvalue weighted by Gasteiger charge is 2.38. The molecule has 2 atom stereocenters. The van der Waals surface area contributed by atoms with Crippen LogP contribution in [0.2, 0.25) is 0 Å². The number of likely N-dealkylation sites (tertiary alicyclic amines) is 1. The number of carbonyl (C=O) groups is 1. The predicted octanol–water partition coefficient (Wildman–Crippen LogP) is 6.70. The van der Waals surface area contributed by atoms with Crippen molar-refractivity contribution in [3.63, 3.8) is 0 Å². The number of aliphatic hydroxyl groups is 1. The number of hydrogen-bond donors (Lipinski definition) is 2. The Morgan fingerprint density at radius 2 is 1.79 bits per heavy atom. The maximum Gasteiger partial charge on any atom is 0.416 e. The number of rotatable bonds is 8. The molecule has 230 valence electrons. The van der Waals surface area contributed by atoms with E-state index in [4.69, 9.17) is 4.74 Å². The molecule has 1 aliphatic heterocycles. The van der Waals surface area contributed by atoms with Crippen LogP contribution in [0.15, 0.2) is 48.7 Å². The van der Waals surface area contributed by atoms with Gasteiger partial charge in [-0.05, 0) is 85.7 Å². The smallest absolute Gasteiger partial charge is 0.416 e. The number of fused-ring (bicyclic) bond motifs is 1. The largest absolute Gasteiger partial charge is 0.497 e. The Balaban J connectivity index is 1.50. The Bertz CT molecular complexity index is 1500. The lowest BCUT2D eigenvalue weighted by atomic mass is 9.73. The quantitative estimate of drug-likeness (QED) is 0.219.